The van der Waals surface area contributed by atoms with E-state index in [1.54, 1.807) is 12.1 Å². The summed E-state index contributed by atoms with van der Waals surface area (Å²) in [4.78, 5) is 28.2. The van der Waals surface area contributed by atoms with Gasteiger partial charge in [0.05, 0.1) is 12.8 Å². The Morgan fingerprint density at radius 3 is 2.61 bits per heavy atom. The lowest BCUT2D eigenvalue weighted by molar-refractivity contribution is -0.127. The third kappa shape index (κ3) is 5.16. The van der Waals surface area contributed by atoms with E-state index in [4.69, 9.17) is 4.42 Å². The summed E-state index contributed by atoms with van der Waals surface area (Å²) in [5, 5.41) is 8.53. The van der Waals surface area contributed by atoms with Gasteiger partial charge in [-0.2, -0.15) is 0 Å². The lowest BCUT2D eigenvalue weighted by atomic mass is 9.94. The zero-order valence-electron chi connectivity index (χ0n) is 16.9. The fourth-order valence-electron chi connectivity index (χ4n) is 3.90. The molecule has 0 spiro atoms. The van der Waals surface area contributed by atoms with Crippen LogP contribution in [0.15, 0.2) is 52.5 Å². The first-order valence-electron chi connectivity index (χ1n) is 10.3. The molecule has 31 heavy (non-hydrogen) atoms. The lowest BCUT2D eigenvalue weighted by Gasteiger charge is -2.32. The number of amides is 2. The van der Waals surface area contributed by atoms with Crippen LogP contribution in [0.25, 0.3) is 0 Å². The molecule has 2 aromatic heterocycles. The third-order valence-electron chi connectivity index (χ3n) is 5.44. The first-order valence-corrected chi connectivity index (χ1v) is 11.1. The largest absolute Gasteiger partial charge is 0.467 e. The number of hydrogen-bond acceptors (Lipinski definition) is 6. The van der Waals surface area contributed by atoms with E-state index < -0.39 is 17.8 Å². The van der Waals surface area contributed by atoms with Crippen molar-refractivity contribution in [1.29, 1.82) is 0 Å². The molecule has 1 saturated carbocycles. The van der Waals surface area contributed by atoms with Crippen molar-refractivity contribution in [2.75, 3.05) is 0 Å². The van der Waals surface area contributed by atoms with Crippen molar-refractivity contribution in [1.82, 2.24) is 19.8 Å². The van der Waals surface area contributed by atoms with E-state index in [0.717, 1.165) is 43.6 Å². The van der Waals surface area contributed by atoms with Gasteiger partial charge in [-0.25, -0.2) is 4.39 Å². The molecule has 1 aliphatic rings. The number of nitrogens with zero attached hydrogens (tertiary/aromatic N) is 3. The Labute approximate surface area is 183 Å². The van der Waals surface area contributed by atoms with Crippen LogP contribution in [0, 0.1) is 5.82 Å². The van der Waals surface area contributed by atoms with Gasteiger partial charge >= 0.3 is 0 Å². The van der Waals surface area contributed by atoms with Crippen molar-refractivity contribution in [3.8, 4) is 0 Å². The van der Waals surface area contributed by atoms with Crippen LogP contribution in [0.1, 0.15) is 60.0 Å². The molecule has 1 aromatic carbocycles. The van der Waals surface area contributed by atoms with Crippen molar-refractivity contribution in [2.45, 2.75) is 50.7 Å². The topological polar surface area (TPSA) is 88.3 Å². The number of nitrogens with one attached hydrogen (secondary N) is 1. The number of carbonyl (C=O) groups is 2. The van der Waals surface area contributed by atoms with Crippen molar-refractivity contribution in [2.24, 2.45) is 0 Å². The van der Waals surface area contributed by atoms with Gasteiger partial charge in [-0.15, -0.1) is 5.10 Å². The molecule has 0 unspecified atom stereocenters. The van der Waals surface area contributed by atoms with Crippen molar-refractivity contribution < 1.29 is 18.4 Å². The van der Waals surface area contributed by atoms with Crippen LogP contribution in [0.3, 0.4) is 0 Å². The highest BCUT2D eigenvalue weighted by Gasteiger charge is 2.35. The zero-order chi connectivity index (χ0) is 21.6. The molecule has 1 fully saturated rings. The van der Waals surface area contributed by atoms with Gasteiger partial charge in [0, 0.05) is 11.4 Å². The molecule has 1 atom stereocenters. The molecular weight excluding hydrogens is 419 g/mol. The van der Waals surface area contributed by atoms with E-state index in [9.17, 15) is 14.0 Å². The minimum Gasteiger partial charge on any atom is -0.467 e. The number of benzene rings is 1. The second-order valence-electron chi connectivity index (χ2n) is 7.60. The zero-order valence-corrected chi connectivity index (χ0v) is 17.7. The van der Waals surface area contributed by atoms with Crippen molar-refractivity contribution in [3.63, 3.8) is 0 Å². The van der Waals surface area contributed by atoms with Gasteiger partial charge in [0.1, 0.15) is 17.6 Å². The van der Waals surface area contributed by atoms with E-state index in [-0.39, 0.29) is 24.2 Å². The first-order chi connectivity index (χ1) is 15.1. The molecule has 9 heteroatoms. The smallest absolute Gasteiger partial charge is 0.276 e. The SMILES string of the molecule is O=C(NC1CCCCC1)[C@@H](c1ccc(F)cc1)N(Cc1ccco1)C(=O)c1csnn1. The number of rotatable bonds is 7. The van der Waals surface area contributed by atoms with E-state index in [1.165, 1.54) is 40.8 Å². The third-order valence-corrected chi connectivity index (χ3v) is 5.95. The molecule has 0 aliphatic heterocycles. The van der Waals surface area contributed by atoms with Crippen LogP contribution < -0.4 is 5.32 Å². The molecule has 7 nitrogen and oxygen atoms in total. The number of aromatic nitrogens is 2. The molecule has 2 amide bonds. The van der Waals surface area contributed by atoms with E-state index in [2.05, 4.69) is 14.9 Å². The molecular formula is C22H23FN4O3S. The molecule has 2 heterocycles. The normalized spacial score (nSPS) is 15.4. The number of hydrogen-bond donors (Lipinski definition) is 1. The van der Waals surface area contributed by atoms with Gasteiger partial charge in [-0.3, -0.25) is 9.59 Å². The fourth-order valence-corrected chi connectivity index (χ4v) is 4.33. The number of furan rings is 1. The molecule has 0 radical (unpaired) electrons. The summed E-state index contributed by atoms with van der Waals surface area (Å²) < 4.78 is 22.8. The minimum atomic E-state index is -0.971. The fraction of sp³-hybridized carbons (Fsp3) is 0.364. The van der Waals surface area contributed by atoms with Gasteiger partial charge in [0.25, 0.3) is 5.91 Å². The summed E-state index contributed by atoms with van der Waals surface area (Å²) in [5.41, 5.74) is 0.659. The van der Waals surface area contributed by atoms with E-state index in [0.29, 0.717) is 11.3 Å². The van der Waals surface area contributed by atoms with Crippen LogP contribution in [0.2, 0.25) is 0 Å². The predicted octanol–water partition coefficient (Wildman–Crippen LogP) is 4.10. The van der Waals surface area contributed by atoms with Gasteiger partial charge < -0.3 is 14.6 Å². The average molecular weight is 443 g/mol. The predicted molar refractivity (Wildman–Crippen MR) is 113 cm³/mol. The Kier molecular flexibility index (Phi) is 6.71. The monoisotopic (exact) mass is 442 g/mol. The van der Waals surface area contributed by atoms with Gasteiger partial charge in [-0.05, 0) is 54.2 Å². The Morgan fingerprint density at radius 1 is 1.19 bits per heavy atom. The lowest BCUT2D eigenvalue weighted by Crippen LogP contribution is -2.47. The highest BCUT2D eigenvalue weighted by atomic mass is 32.1. The van der Waals surface area contributed by atoms with Crippen LogP contribution in [0.4, 0.5) is 4.39 Å². The molecule has 4 rings (SSSR count). The van der Waals surface area contributed by atoms with E-state index in [1.807, 2.05) is 0 Å². The minimum absolute atomic E-state index is 0.0590. The quantitative estimate of drug-likeness (QED) is 0.595. The Balaban J connectivity index is 1.70. The first kappa shape index (κ1) is 21.2. The average Bonchev–Trinajstić information content (AvgIpc) is 3.49. The summed E-state index contributed by atoms with van der Waals surface area (Å²) in [6.45, 7) is 0.0590. The maximum absolute atomic E-state index is 13.6. The van der Waals surface area contributed by atoms with Crippen molar-refractivity contribution in [3.05, 3.63) is 70.9 Å². The Hall–Kier alpha value is -3.07. The number of carbonyl (C=O) groups excluding carboxylic acids is 2. The van der Waals surface area contributed by atoms with Gasteiger partial charge in [0.2, 0.25) is 5.91 Å². The van der Waals surface area contributed by atoms with Crippen LogP contribution >= 0.6 is 11.5 Å². The molecule has 0 bridgehead atoms. The van der Waals surface area contributed by atoms with Crippen LogP contribution in [-0.2, 0) is 11.3 Å². The Bertz CT molecular complexity index is 986. The summed E-state index contributed by atoms with van der Waals surface area (Å²) in [6.07, 6.45) is 6.61. The standard InChI is InChI=1S/C22H23FN4O3S/c23-16-10-8-15(9-11-16)20(21(28)24-17-5-2-1-3-6-17)27(13-18-7-4-12-30-18)22(29)19-14-31-26-25-19/h4,7-12,14,17,20H,1-3,5-6,13H2,(H,24,28)/t20-/m1/s1. The molecule has 1 N–H and O–H groups in total. The second-order valence-corrected chi connectivity index (χ2v) is 8.21. The summed E-state index contributed by atoms with van der Waals surface area (Å²) in [5.74, 6) is -0.642. The summed E-state index contributed by atoms with van der Waals surface area (Å²) in [6, 6.07) is 8.18. The van der Waals surface area contributed by atoms with Crippen molar-refractivity contribution >= 4 is 23.3 Å². The second kappa shape index (κ2) is 9.82. The van der Waals surface area contributed by atoms with Gasteiger partial charge in [0.15, 0.2) is 5.69 Å². The summed E-state index contributed by atoms with van der Waals surface area (Å²) >= 11 is 1.06. The van der Waals surface area contributed by atoms with E-state index >= 15 is 0 Å². The highest BCUT2D eigenvalue weighted by Crippen LogP contribution is 2.27. The maximum Gasteiger partial charge on any atom is 0.276 e. The van der Waals surface area contributed by atoms with Crippen LogP contribution in [-0.4, -0.2) is 32.3 Å². The molecule has 162 valence electrons. The molecule has 0 saturated heterocycles. The molecule has 1 aliphatic carbocycles. The highest BCUT2D eigenvalue weighted by molar-refractivity contribution is 7.03. The maximum atomic E-state index is 13.6. The number of halogens is 1. The van der Waals surface area contributed by atoms with Gasteiger partial charge in [-0.1, -0.05) is 35.9 Å². The Morgan fingerprint density at radius 2 is 1.97 bits per heavy atom. The summed E-state index contributed by atoms with van der Waals surface area (Å²) in [7, 11) is 0. The molecule has 3 aromatic rings. The van der Waals surface area contributed by atoms with Crippen LogP contribution in [0.5, 0.6) is 0 Å².